The molecule has 0 saturated carbocycles. The largest absolute Gasteiger partial charge is 0.486 e. The van der Waals surface area contributed by atoms with E-state index in [1.807, 2.05) is 0 Å². The van der Waals surface area contributed by atoms with Crippen molar-refractivity contribution >= 4 is 28.9 Å². The molecule has 0 atom stereocenters. The van der Waals surface area contributed by atoms with Gasteiger partial charge in [0.1, 0.15) is 13.2 Å². The molecule has 0 saturated heterocycles. The molecule has 1 aliphatic heterocycles. The molecule has 156 valence electrons. The summed E-state index contributed by atoms with van der Waals surface area (Å²) in [5.74, 6) is 0.261. The number of nitro groups is 1. The van der Waals surface area contributed by atoms with Crippen molar-refractivity contribution in [1.29, 1.82) is 0 Å². The number of carbonyl (C=O) groups is 2. The van der Waals surface area contributed by atoms with Crippen LogP contribution in [-0.2, 0) is 4.79 Å². The third-order valence-corrected chi connectivity index (χ3v) is 4.34. The van der Waals surface area contributed by atoms with E-state index in [1.165, 1.54) is 25.1 Å². The van der Waals surface area contributed by atoms with Gasteiger partial charge in [-0.15, -0.1) is 0 Å². The number of carbonyl (C=O) groups excluding carboxylic acids is 2. The highest BCUT2D eigenvalue weighted by Crippen LogP contribution is 2.32. The first-order chi connectivity index (χ1) is 14.3. The lowest BCUT2D eigenvalue weighted by Gasteiger charge is -2.19. The molecule has 2 aromatic rings. The first-order valence-electron chi connectivity index (χ1n) is 9.12. The zero-order valence-corrected chi connectivity index (χ0v) is 16.4. The Bertz CT molecular complexity index is 1030. The van der Waals surface area contributed by atoms with E-state index in [1.54, 1.807) is 25.1 Å². The average Bonchev–Trinajstić information content (AvgIpc) is 2.71. The lowest BCUT2D eigenvalue weighted by atomic mass is 10.1. The van der Waals surface area contributed by atoms with Crippen molar-refractivity contribution in [3.05, 3.63) is 57.6 Å². The second-order valence-electron chi connectivity index (χ2n) is 6.58. The molecule has 10 nitrogen and oxygen atoms in total. The van der Waals surface area contributed by atoms with Crippen molar-refractivity contribution in [1.82, 2.24) is 5.43 Å². The highest BCUT2D eigenvalue weighted by molar-refractivity contribution is 6.06. The minimum absolute atomic E-state index is 0.0529. The maximum atomic E-state index is 12.3. The molecule has 0 fully saturated rings. The Morgan fingerprint density at radius 3 is 2.63 bits per heavy atom. The summed E-state index contributed by atoms with van der Waals surface area (Å²) in [5, 5.41) is 17.6. The third kappa shape index (κ3) is 4.90. The van der Waals surface area contributed by atoms with Gasteiger partial charge in [-0.25, -0.2) is 5.43 Å². The summed E-state index contributed by atoms with van der Waals surface area (Å²) in [6, 6.07) is 9.31. The van der Waals surface area contributed by atoms with Crippen LogP contribution in [0.4, 0.5) is 11.4 Å². The van der Waals surface area contributed by atoms with Gasteiger partial charge in [0.25, 0.3) is 11.6 Å². The Morgan fingerprint density at radius 2 is 1.90 bits per heavy atom. The minimum atomic E-state index is -0.595. The number of anilines is 1. The summed E-state index contributed by atoms with van der Waals surface area (Å²) in [6.45, 7) is 4.00. The van der Waals surface area contributed by atoms with Crippen molar-refractivity contribution in [2.24, 2.45) is 5.10 Å². The van der Waals surface area contributed by atoms with Crippen molar-refractivity contribution < 1.29 is 24.0 Å². The van der Waals surface area contributed by atoms with Gasteiger partial charge in [0.15, 0.2) is 11.5 Å². The smallest absolute Gasteiger partial charge is 0.273 e. The van der Waals surface area contributed by atoms with Gasteiger partial charge >= 0.3 is 0 Å². The van der Waals surface area contributed by atoms with E-state index in [0.29, 0.717) is 36.1 Å². The van der Waals surface area contributed by atoms with Crippen molar-refractivity contribution in [2.45, 2.75) is 20.3 Å². The summed E-state index contributed by atoms with van der Waals surface area (Å²) in [7, 11) is 0. The molecule has 0 bridgehead atoms. The molecule has 0 spiro atoms. The van der Waals surface area contributed by atoms with Crippen LogP contribution in [0.2, 0.25) is 0 Å². The molecule has 0 unspecified atom stereocenters. The number of nitrogens with zero attached hydrogens (tertiary/aromatic N) is 2. The van der Waals surface area contributed by atoms with Crippen LogP contribution < -0.4 is 20.2 Å². The normalized spacial score (nSPS) is 12.8. The quantitative estimate of drug-likeness (QED) is 0.426. The zero-order valence-electron chi connectivity index (χ0n) is 16.4. The predicted molar refractivity (Wildman–Crippen MR) is 109 cm³/mol. The summed E-state index contributed by atoms with van der Waals surface area (Å²) in [6.07, 6.45) is -0.0529. The van der Waals surface area contributed by atoms with E-state index in [4.69, 9.17) is 9.47 Å². The van der Waals surface area contributed by atoms with Crippen LogP contribution in [0.1, 0.15) is 29.3 Å². The van der Waals surface area contributed by atoms with Gasteiger partial charge < -0.3 is 14.8 Å². The second kappa shape index (κ2) is 9.03. The summed E-state index contributed by atoms with van der Waals surface area (Å²) < 4.78 is 10.9. The van der Waals surface area contributed by atoms with Gasteiger partial charge in [-0.1, -0.05) is 6.07 Å². The van der Waals surface area contributed by atoms with Gasteiger partial charge in [0.05, 0.1) is 16.9 Å². The maximum Gasteiger partial charge on any atom is 0.273 e. The molecule has 2 N–H and O–H groups in total. The fourth-order valence-electron chi connectivity index (χ4n) is 2.87. The molecule has 0 aliphatic carbocycles. The number of hydrogen-bond donors (Lipinski definition) is 2. The standard InChI is InChI=1S/C20H20N4O6/c1-12(22-23-20(26)15-4-3-5-16(13(15)2)24(27)28)10-19(25)21-14-6-7-17-18(11-14)30-9-8-29-17/h3-7,11H,8-10H2,1-2H3,(H,21,25)(H,23,26)/b22-12+. The first-order valence-corrected chi connectivity index (χ1v) is 9.12. The third-order valence-electron chi connectivity index (χ3n) is 4.34. The molecule has 0 radical (unpaired) electrons. The van der Waals surface area contributed by atoms with E-state index in [0.717, 1.165) is 0 Å². The average molecular weight is 412 g/mol. The van der Waals surface area contributed by atoms with Gasteiger partial charge in [-0.2, -0.15) is 5.10 Å². The molecule has 1 aliphatic rings. The highest BCUT2D eigenvalue weighted by Gasteiger charge is 2.18. The van der Waals surface area contributed by atoms with Gasteiger partial charge in [0.2, 0.25) is 5.91 Å². The lowest BCUT2D eigenvalue weighted by molar-refractivity contribution is -0.385. The van der Waals surface area contributed by atoms with Crippen LogP contribution in [-0.4, -0.2) is 35.7 Å². The van der Waals surface area contributed by atoms with Crippen LogP contribution in [0.3, 0.4) is 0 Å². The molecule has 1 heterocycles. The summed E-state index contributed by atoms with van der Waals surface area (Å²) in [5.41, 5.74) is 3.47. The van der Waals surface area contributed by atoms with Crippen LogP contribution in [0.15, 0.2) is 41.5 Å². The molecule has 3 rings (SSSR count). The van der Waals surface area contributed by atoms with E-state index in [2.05, 4.69) is 15.8 Å². The van der Waals surface area contributed by atoms with E-state index in [-0.39, 0.29) is 29.1 Å². The number of hydrazone groups is 1. The first kappa shape index (κ1) is 20.8. The van der Waals surface area contributed by atoms with Gasteiger partial charge in [-0.3, -0.25) is 19.7 Å². The number of hydrogen-bond acceptors (Lipinski definition) is 7. The second-order valence-corrected chi connectivity index (χ2v) is 6.58. The number of nitro benzene ring substituents is 1. The van der Waals surface area contributed by atoms with Crippen molar-refractivity contribution in [3.8, 4) is 11.5 Å². The van der Waals surface area contributed by atoms with Crippen LogP contribution in [0, 0.1) is 17.0 Å². The van der Waals surface area contributed by atoms with Crippen LogP contribution in [0.5, 0.6) is 11.5 Å². The monoisotopic (exact) mass is 412 g/mol. The number of fused-ring (bicyclic) bond motifs is 1. The van der Waals surface area contributed by atoms with Gasteiger partial charge in [-0.05, 0) is 32.0 Å². The van der Waals surface area contributed by atoms with Crippen LogP contribution in [0.25, 0.3) is 0 Å². The Kier molecular flexibility index (Phi) is 6.26. The van der Waals surface area contributed by atoms with Crippen molar-refractivity contribution in [2.75, 3.05) is 18.5 Å². The number of amides is 2. The predicted octanol–water partition coefficient (Wildman–Crippen LogP) is 2.81. The molecule has 2 amide bonds. The molecule has 2 aromatic carbocycles. The highest BCUT2D eigenvalue weighted by atomic mass is 16.6. The number of benzene rings is 2. The molecule has 30 heavy (non-hydrogen) atoms. The zero-order chi connectivity index (χ0) is 21.7. The Balaban J connectivity index is 1.58. The van der Waals surface area contributed by atoms with E-state index >= 15 is 0 Å². The summed E-state index contributed by atoms with van der Waals surface area (Å²) >= 11 is 0. The Hall–Kier alpha value is -3.95. The Labute approximate surface area is 172 Å². The van der Waals surface area contributed by atoms with Crippen LogP contribution >= 0.6 is 0 Å². The minimum Gasteiger partial charge on any atom is -0.486 e. The fraction of sp³-hybridized carbons (Fsp3) is 0.250. The maximum absolute atomic E-state index is 12.3. The SMILES string of the molecule is C/C(CC(=O)Nc1ccc2c(c1)OCCO2)=N\NC(=O)c1cccc([N+](=O)[O-])c1C. The number of nitrogens with one attached hydrogen (secondary N) is 2. The number of rotatable bonds is 6. The molecular weight excluding hydrogens is 392 g/mol. The fourth-order valence-corrected chi connectivity index (χ4v) is 2.87. The van der Waals surface area contributed by atoms with E-state index in [9.17, 15) is 19.7 Å². The van der Waals surface area contributed by atoms with Crippen molar-refractivity contribution in [3.63, 3.8) is 0 Å². The topological polar surface area (TPSA) is 132 Å². The summed E-state index contributed by atoms with van der Waals surface area (Å²) in [4.78, 5) is 35.0. The van der Waals surface area contributed by atoms with E-state index < -0.39 is 10.8 Å². The Morgan fingerprint density at radius 1 is 1.17 bits per heavy atom. The molecule has 0 aromatic heterocycles. The number of ether oxygens (including phenoxy) is 2. The van der Waals surface area contributed by atoms with Gasteiger partial charge in [0, 0.05) is 29.1 Å². The molecule has 10 heteroatoms. The lowest BCUT2D eigenvalue weighted by Crippen LogP contribution is -2.22. The molecular formula is C20H20N4O6.